The van der Waals surface area contributed by atoms with Crippen LogP contribution < -0.4 is 5.32 Å². The third kappa shape index (κ3) is 4.18. The highest BCUT2D eigenvalue weighted by molar-refractivity contribution is 6.31. The summed E-state index contributed by atoms with van der Waals surface area (Å²) in [6.45, 7) is 5.20. The predicted octanol–water partition coefficient (Wildman–Crippen LogP) is 2.29. The number of aliphatic hydroxyl groups excluding tert-OH is 1. The van der Waals surface area contributed by atoms with Gasteiger partial charge in [0.2, 0.25) is 5.91 Å². The van der Waals surface area contributed by atoms with E-state index in [4.69, 9.17) is 11.6 Å². The zero-order chi connectivity index (χ0) is 16.3. The first-order valence-electron chi connectivity index (χ1n) is 7.46. The van der Waals surface area contributed by atoms with Crippen LogP contribution in [0.5, 0.6) is 0 Å². The summed E-state index contributed by atoms with van der Waals surface area (Å²) in [5.74, 6) is -0.281. The van der Waals surface area contributed by atoms with Crippen molar-refractivity contribution in [2.75, 3.05) is 19.6 Å². The van der Waals surface area contributed by atoms with Gasteiger partial charge in [-0.2, -0.15) is 0 Å². The molecule has 2 rings (SSSR count). The van der Waals surface area contributed by atoms with E-state index in [0.29, 0.717) is 31.1 Å². The lowest BCUT2D eigenvalue weighted by atomic mass is 9.94. The van der Waals surface area contributed by atoms with Crippen LogP contribution in [-0.4, -0.2) is 41.7 Å². The molecule has 1 aromatic carbocycles. The second kappa shape index (κ2) is 6.94. The van der Waals surface area contributed by atoms with E-state index in [1.165, 1.54) is 12.1 Å². The second-order valence-corrected chi connectivity index (χ2v) is 6.63. The summed E-state index contributed by atoms with van der Waals surface area (Å²) in [5.41, 5.74) is 0.251. The minimum Gasteiger partial charge on any atom is -0.390 e. The summed E-state index contributed by atoms with van der Waals surface area (Å²) in [6.07, 6.45) is 0.771. The van der Waals surface area contributed by atoms with Crippen molar-refractivity contribution in [3.8, 4) is 0 Å². The van der Waals surface area contributed by atoms with Crippen LogP contribution in [0.2, 0.25) is 5.02 Å². The topological polar surface area (TPSA) is 52.6 Å². The molecule has 0 bridgehead atoms. The molecule has 1 aliphatic heterocycles. The molecule has 1 amide bonds. The largest absolute Gasteiger partial charge is 0.390 e. The number of carbonyl (C=O) groups excluding carboxylic acids is 1. The number of β-amino-alcohol motifs (C(OH)–C–C–N with tert-alkyl or cyclic N) is 1. The number of rotatable bonds is 6. The summed E-state index contributed by atoms with van der Waals surface area (Å²) >= 11 is 6.09. The van der Waals surface area contributed by atoms with Crippen molar-refractivity contribution in [3.05, 3.63) is 34.6 Å². The van der Waals surface area contributed by atoms with Gasteiger partial charge in [0.15, 0.2) is 0 Å². The van der Waals surface area contributed by atoms with Gasteiger partial charge in [-0.25, -0.2) is 4.39 Å². The van der Waals surface area contributed by atoms with Crippen LogP contribution in [0.15, 0.2) is 18.2 Å². The van der Waals surface area contributed by atoms with Crippen molar-refractivity contribution in [3.63, 3.8) is 0 Å². The van der Waals surface area contributed by atoms with E-state index >= 15 is 0 Å². The fourth-order valence-electron chi connectivity index (χ4n) is 2.68. The molecule has 1 aliphatic rings. The van der Waals surface area contributed by atoms with E-state index in [1.54, 1.807) is 11.0 Å². The highest BCUT2D eigenvalue weighted by Gasteiger charge is 2.26. The first-order chi connectivity index (χ1) is 10.3. The molecule has 22 heavy (non-hydrogen) atoms. The fourth-order valence-corrected chi connectivity index (χ4v) is 3.08. The zero-order valence-electron chi connectivity index (χ0n) is 12.9. The Hall–Kier alpha value is -1.17. The maximum absolute atomic E-state index is 13.1. The molecule has 0 saturated carbocycles. The van der Waals surface area contributed by atoms with Crippen molar-refractivity contribution >= 4 is 17.5 Å². The first-order valence-corrected chi connectivity index (χ1v) is 7.84. The number of halogens is 2. The molecule has 1 atom stereocenters. The Kier molecular flexibility index (Phi) is 5.42. The lowest BCUT2D eigenvalue weighted by Crippen LogP contribution is -2.45. The van der Waals surface area contributed by atoms with Crippen LogP contribution in [0.25, 0.3) is 0 Å². The summed E-state index contributed by atoms with van der Waals surface area (Å²) < 4.78 is 13.1. The van der Waals surface area contributed by atoms with Gasteiger partial charge >= 0.3 is 0 Å². The summed E-state index contributed by atoms with van der Waals surface area (Å²) in [7, 11) is 0. The predicted molar refractivity (Wildman–Crippen MR) is 84.3 cm³/mol. The molecule has 1 unspecified atom stereocenters. The van der Waals surface area contributed by atoms with Crippen molar-refractivity contribution in [2.45, 2.75) is 38.3 Å². The molecule has 0 aromatic heterocycles. The third-order valence-corrected chi connectivity index (χ3v) is 4.30. The molecular weight excluding hydrogens is 307 g/mol. The number of benzene rings is 1. The molecule has 1 saturated heterocycles. The molecule has 4 nitrogen and oxygen atoms in total. The quantitative estimate of drug-likeness (QED) is 0.842. The van der Waals surface area contributed by atoms with Gasteiger partial charge < -0.3 is 15.3 Å². The number of hydrogen-bond acceptors (Lipinski definition) is 3. The zero-order valence-corrected chi connectivity index (χ0v) is 13.7. The maximum atomic E-state index is 13.1. The van der Waals surface area contributed by atoms with Crippen LogP contribution in [0, 0.1) is 5.82 Å². The second-order valence-electron chi connectivity index (χ2n) is 6.23. The van der Waals surface area contributed by atoms with Gasteiger partial charge in [0.05, 0.1) is 6.10 Å². The third-order valence-electron chi connectivity index (χ3n) is 3.99. The molecular formula is C16H22ClFN2O2. The van der Waals surface area contributed by atoms with Crippen molar-refractivity contribution < 1.29 is 14.3 Å². The summed E-state index contributed by atoms with van der Waals surface area (Å²) in [5, 5.41) is 13.7. The van der Waals surface area contributed by atoms with Gasteiger partial charge in [0.25, 0.3) is 0 Å². The molecule has 122 valence electrons. The normalized spacial score (nSPS) is 17.1. The van der Waals surface area contributed by atoms with Crippen LogP contribution in [0.4, 0.5) is 4.39 Å². The molecule has 1 aromatic rings. The smallest absolute Gasteiger partial charge is 0.222 e. The lowest BCUT2D eigenvalue weighted by molar-refractivity contribution is -0.128. The summed E-state index contributed by atoms with van der Waals surface area (Å²) in [6, 6.07) is 4.28. The van der Waals surface area contributed by atoms with E-state index in [9.17, 15) is 14.3 Å². The van der Waals surface area contributed by atoms with E-state index < -0.39 is 11.6 Å². The van der Waals surface area contributed by atoms with Gasteiger partial charge in [0, 0.05) is 36.6 Å². The number of carbonyl (C=O) groups is 1. The van der Waals surface area contributed by atoms with Crippen molar-refractivity contribution in [1.82, 2.24) is 10.2 Å². The standard InChI is InChI=1S/C16H22ClFN2O2/c1-16(2,13-6-5-11(18)8-14(13)17)19-9-12(21)10-20-7-3-4-15(20)22/h5-6,8,12,19,21H,3-4,7,9-10H2,1-2H3. The van der Waals surface area contributed by atoms with Crippen LogP contribution >= 0.6 is 11.6 Å². The minimum absolute atomic E-state index is 0.0971. The Morgan fingerprint density at radius 3 is 2.82 bits per heavy atom. The average molecular weight is 329 g/mol. The monoisotopic (exact) mass is 328 g/mol. The van der Waals surface area contributed by atoms with E-state index in [1.807, 2.05) is 13.8 Å². The van der Waals surface area contributed by atoms with Gasteiger partial charge in [0.1, 0.15) is 5.82 Å². The molecule has 0 radical (unpaired) electrons. The Labute approximate surface area is 135 Å². The highest BCUT2D eigenvalue weighted by Crippen LogP contribution is 2.28. The van der Waals surface area contributed by atoms with E-state index in [2.05, 4.69) is 5.32 Å². The molecule has 0 aliphatic carbocycles. The maximum Gasteiger partial charge on any atom is 0.222 e. The molecule has 6 heteroatoms. The first kappa shape index (κ1) is 17.2. The number of nitrogens with one attached hydrogen (secondary N) is 1. The highest BCUT2D eigenvalue weighted by atomic mass is 35.5. The number of aliphatic hydroxyl groups is 1. The molecule has 2 N–H and O–H groups in total. The van der Waals surface area contributed by atoms with Gasteiger partial charge in [-0.1, -0.05) is 17.7 Å². The minimum atomic E-state index is -0.652. The fraction of sp³-hybridized carbons (Fsp3) is 0.562. The van der Waals surface area contributed by atoms with Crippen LogP contribution in [-0.2, 0) is 10.3 Å². The van der Waals surface area contributed by atoms with E-state index in [-0.39, 0.29) is 11.7 Å². The Morgan fingerprint density at radius 2 is 2.23 bits per heavy atom. The lowest BCUT2D eigenvalue weighted by Gasteiger charge is -2.30. The van der Waals surface area contributed by atoms with Gasteiger partial charge in [-0.15, -0.1) is 0 Å². The van der Waals surface area contributed by atoms with Gasteiger partial charge in [-0.05, 0) is 38.0 Å². The van der Waals surface area contributed by atoms with Crippen molar-refractivity contribution in [1.29, 1.82) is 0 Å². The number of likely N-dealkylation sites (tertiary alicyclic amines) is 1. The number of hydrogen-bond donors (Lipinski definition) is 2. The number of nitrogens with zero attached hydrogens (tertiary/aromatic N) is 1. The van der Waals surface area contributed by atoms with Gasteiger partial charge in [-0.3, -0.25) is 4.79 Å². The molecule has 1 heterocycles. The van der Waals surface area contributed by atoms with Crippen molar-refractivity contribution in [2.24, 2.45) is 0 Å². The Morgan fingerprint density at radius 1 is 1.50 bits per heavy atom. The van der Waals surface area contributed by atoms with E-state index in [0.717, 1.165) is 12.0 Å². The number of amides is 1. The van der Waals surface area contributed by atoms with Crippen LogP contribution in [0.3, 0.4) is 0 Å². The van der Waals surface area contributed by atoms with Crippen LogP contribution in [0.1, 0.15) is 32.3 Å². The SMILES string of the molecule is CC(C)(NCC(O)CN1CCCC1=O)c1ccc(F)cc1Cl. The Bertz CT molecular complexity index is 551. The molecule has 0 spiro atoms. The average Bonchev–Trinajstić information content (AvgIpc) is 2.82. The Balaban J connectivity index is 1.92. The molecule has 1 fully saturated rings. The summed E-state index contributed by atoms with van der Waals surface area (Å²) in [4.78, 5) is 13.2.